The number of carbonyl (C=O) groups excluding carboxylic acids is 1. The fraction of sp³-hybridized carbons (Fsp3) is 0.875. The van der Waals surface area contributed by atoms with Crippen LogP contribution in [0.2, 0.25) is 0 Å². The SMILES string of the molecule is CCCCC/C=C\C/C=C\CCCCCCCCC(O)C(=O)NC(CO)C(O)C(O)CCCCCCCCCCCCCCCC. The molecule has 0 fully saturated rings. The molecule has 0 saturated heterocycles. The molecule has 0 aliphatic carbocycles. The van der Waals surface area contributed by atoms with Gasteiger partial charge in [0.1, 0.15) is 12.2 Å². The average Bonchev–Trinajstić information content (AvgIpc) is 3.06. The van der Waals surface area contributed by atoms with E-state index in [1.165, 1.54) is 109 Å². The minimum atomic E-state index is -1.26. The molecule has 0 rings (SSSR count). The van der Waals surface area contributed by atoms with Gasteiger partial charge in [0.25, 0.3) is 0 Å². The number of hydrogen-bond donors (Lipinski definition) is 5. The highest BCUT2D eigenvalue weighted by Gasteiger charge is 2.28. The summed E-state index contributed by atoms with van der Waals surface area (Å²) in [4.78, 5) is 12.5. The molecule has 4 atom stereocenters. The van der Waals surface area contributed by atoms with Gasteiger partial charge in [-0.1, -0.05) is 173 Å². The summed E-state index contributed by atoms with van der Waals surface area (Å²) in [5.74, 6) is -0.593. The molecule has 0 radical (unpaired) electrons. The first-order valence-corrected chi connectivity index (χ1v) is 19.7. The van der Waals surface area contributed by atoms with Crippen molar-refractivity contribution in [1.82, 2.24) is 5.32 Å². The summed E-state index contributed by atoms with van der Waals surface area (Å²) in [6.07, 6.45) is 37.6. The summed E-state index contributed by atoms with van der Waals surface area (Å²) in [6, 6.07) is -0.986. The normalized spacial score (nSPS) is 14.7. The molecule has 5 N–H and O–H groups in total. The maximum Gasteiger partial charge on any atom is 0.249 e. The zero-order chi connectivity index (χ0) is 33.9. The number of unbranched alkanes of at least 4 members (excludes halogenated alkanes) is 22. The van der Waals surface area contributed by atoms with Crippen molar-refractivity contribution in [2.45, 2.75) is 218 Å². The van der Waals surface area contributed by atoms with Crippen LogP contribution in [0.25, 0.3) is 0 Å². The molecule has 272 valence electrons. The van der Waals surface area contributed by atoms with Crippen molar-refractivity contribution >= 4 is 5.91 Å². The first kappa shape index (κ1) is 44.8. The van der Waals surface area contributed by atoms with Crippen LogP contribution in [0.4, 0.5) is 0 Å². The van der Waals surface area contributed by atoms with E-state index >= 15 is 0 Å². The Morgan fingerprint density at radius 3 is 1.41 bits per heavy atom. The highest BCUT2D eigenvalue weighted by atomic mass is 16.3. The second-order valence-corrected chi connectivity index (χ2v) is 13.6. The topological polar surface area (TPSA) is 110 Å². The van der Waals surface area contributed by atoms with E-state index < -0.39 is 36.9 Å². The lowest BCUT2D eigenvalue weighted by Crippen LogP contribution is -2.53. The van der Waals surface area contributed by atoms with E-state index in [9.17, 15) is 25.2 Å². The Kier molecular flexibility index (Phi) is 34.2. The molecule has 0 aliphatic heterocycles. The summed E-state index contributed by atoms with van der Waals surface area (Å²) in [6.45, 7) is 4.00. The molecular formula is C40H77NO5. The number of amides is 1. The van der Waals surface area contributed by atoms with E-state index in [0.29, 0.717) is 12.8 Å². The van der Waals surface area contributed by atoms with Gasteiger partial charge in [-0.05, 0) is 44.9 Å². The molecule has 0 aromatic carbocycles. The summed E-state index contributed by atoms with van der Waals surface area (Å²) < 4.78 is 0. The Labute approximate surface area is 284 Å². The van der Waals surface area contributed by atoms with Crippen molar-refractivity contribution in [2.75, 3.05) is 6.61 Å². The molecule has 0 aromatic heterocycles. The van der Waals surface area contributed by atoms with Crippen LogP contribution >= 0.6 is 0 Å². The lowest BCUT2D eigenvalue weighted by atomic mass is 9.99. The third-order valence-corrected chi connectivity index (χ3v) is 9.17. The summed E-state index contributed by atoms with van der Waals surface area (Å²) >= 11 is 0. The van der Waals surface area contributed by atoms with Gasteiger partial charge in [0.15, 0.2) is 0 Å². The number of hydrogen-bond acceptors (Lipinski definition) is 5. The fourth-order valence-electron chi connectivity index (χ4n) is 5.96. The fourth-order valence-corrected chi connectivity index (χ4v) is 5.96. The first-order chi connectivity index (χ1) is 22.5. The van der Waals surface area contributed by atoms with Gasteiger partial charge in [-0.2, -0.15) is 0 Å². The summed E-state index contributed by atoms with van der Waals surface area (Å²) in [7, 11) is 0. The van der Waals surface area contributed by atoms with Gasteiger partial charge in [-0.25, -0.2) is 0 Å². The Hall–Kier alpha value is -1.21. The number of allylic oxidation sites excluding steroid dienone is 4. The van der Waals surface area contributed by atoms with Crippen LogP contribution in [-0.4, -0.2) is 57.3 Å². The van der Waals surface area contributed by atoms with Crippen LogP contribution in [0.1, 0.15) is 194 Å². The molecule has 46 heavy (non-hydrogen) atoms. The molecule has 6 nitrogen and oxygen atoms in total. The number of rotatable bonds is 35. The third-order valence-electron chi connectivity index (χ3n) is 9.17. The van der Waals surface area contributed by atoms with E-state index in [0.717, 1.165) is 57.8 Å². The van der Waals surface area contributed by atoms with Crippen molar-refractivity contribution in [3.8, 4) is 0 Å². The quantitative estimate of drug-likeness (QED) is 0.0346. The lowest BCUT2D eigenvalue weighted by Gasteiger charge is -2.27. The highest BCUT2D eigenvalue weighted by molar-refractivity contribution is 5.80. The van der Waals surface area contributed by atoms with Gasteiger partial charge in [-0.15, -0.1) is 0 Å². The molecule has 6 heteroatoms. The Morgan fingerprint density at radius 1 is 0.543 bits per heavy atom. The van der Waals surface area contributed by atoms with Crippen LogP contribution in [0.5, 0.6) is 0 Å². The highest BCUT2D eigenvalue weighted by Crippen LogP contribution is 2.16. The molecular weight excluding hydrogens is 574 g/mol. The van der Waals surface area contributed by atoms with E-state index in [4.69, 9.17) is 0 Å². The molecule has 4 unspecified atom stereocenters. The van der Waals surface area contributed by atoms with Gasteiger partial charge in [-0.3, -0.25) is 4.79 Å². The van der Waals surface area contributed by atoms with Crippen LogP contribution in [0.3, 0.4) is 0 Å². The number of nitrogens with one attached hydrogen (secondary N) is 1. The van der Waals surface area contributed by atoms with Crippen LogP contribution in [-0.2, 0) is 4.79 Å². The van der Waals surface area contributed by atoms with E-state index in [1.807, 2.05) is 0 Å². The first-order valence-electron chi connectivity index (χ1n) is 19.7. The van der Waals surface area contributed by atoms with Gasteiger partial charge >= 0.3 is 0 Å². The third kappa shape index (κ3) is 29.0. The smallest absolute Gasteiger partial charge is 0.249 e. The summed E-state index contributed by atoms with van der Waals surface area (Å²) in [5, 5.41) is 43.5. The van der Waals surface area contributed by atoms with Crippen LogP contribution < -0.4 is 5.32 Å². The maximum absolute atomic E-state index is 12.5. The van der Waals surface area contributed by atoms with Gasteiger partial charge < -0.3 is 25.7 Å². The molecule has 0 bridgehead atoms. The van der Waals surface area contributed by atoms with Gasteiger partial charge in [0.05, 0.1) is 18.8 Å². The van der Waals surface area contributed by atoms with E-state index in [-0.39, 0.29) is 0 Å². The second kappa shape index (κ2) is 35.1. The zero-order valence-electron chi connectivity index (χ0n) is 30.3. The Bertz CT molecular complexity index is 697. The van der Waals surface area contributed by atoms with Crippen molar-refractivity contribution in [3.05, 3.63) is 24.3 Å². The predicted octanol–water partition coefficient (Wildman–Crippen LogP) is 9.62. The molecule has 0 heterocycles. The predicted molar refractivity (Wildman–Crippen MR) is 196 cm³/mol. The van der Waals surface area contributed by atoms with Crippen molar-refractivity contribution in [2.24, 2.45) is 0 Å². The Morgan fingerprint density at radius 2 is 0.935 bits per heavy atom. The number of aliphatic hydroxyl groups is 4. The molecule has 0 spiro atoms. The standard InChI is InChI=1S/C40H77NO5/c1-3-5-7-9-11-13-15-17-19-20-22-24-26-28-30-32-34-38(44)40(46)41-36(35-42)39(45)37(43)33-31-29-27-25-23-21-18-16-14-12-10-8-6-4-2/h11,13,17,19,36-39,42-45H,3-10,12,14-16,18,20-35H2,1-2H3,(H,41,46)/b13-11-,19-17-. The molecule has 0 aliphatic rings. The molecule has 0 saturated carbocycles. The lowest BCUT2D eigenvalue weighted by molar-refractivity contribution is -0.132. The van der Waals surface area contributed by atoms with Crippen molar-refractivity contribution in [1.29, 1.82) is 0 Å². The van der Waals surface area contributed by atoms with Crippen LogP contribution in [0.15, 0.2) is 24.3 Å². The Balaban J connectivity index is 3.81. The molecule has 1 amide bonds. The van der Waals surface area contributed by atoms with Gasteiger partial charge in [0.2, 0.25) is 5.91 Å². The average molecular weight is 652 g/mol. The van der Waals surface area contributed by atoms with Gasteiger partial charge in [0, 0.05) is 0 Å². The maximum atomic E-state index is 12.5. The zero-order valence-corrected chi connectivity index (χ0v) is 30.3. The van der Waals surface area contributed by atoms with Crippen LogP contribution in [0, 0.1) is 0 Å². The molecule has 0 aromatic rings. The minimum absolute atomic E-state index is 0.358. The minimum Gasteiger partial charge on any atom is -0.394 e. The van der Waals surface area contributed by atoms with Crippen molar-refractivity contribution in [3.63, 3.8) is 0 Å². The van der Waals surface area contributed by atoms with Crippen molar-refractivity contribution < 1.29 is 25.2 Å². The summed E-state index contributed by atoms with van der Waals surface area (Å²) in [5.41, 5.74) is 0. The number of carbonyl (C=O) groups is 1. The number of aliphatic hydroxyl groups excluding tert-OH is 4. The monoisotopic (exact) mass is 652 g/mol. The largest absolute Gasteiger partial charge is 0.394 e. The van der Waals surface area contributed by atoms with E-state index in [2.05, 4.69) is 43.5 Å². The second-order valence-electron chi connectivity index (χ2n) is 13.6. The van der Waals surface area contributed by atoms with E-state index in [1.54, 1.807) is 0 Å².